The Morgan fingerprint density at radius 2 is 2.08 bits per heavy atom. The number of hydrogen-bond donors (Lipinski definition) is 1. The van der Waals surface area contributed by atoms with Gasteiger partial charge < -0.3 is 5.73 Å². The lowest BCUT2D eigenvalue weighted by atomic mass is 10.2. The Bertz CT molecular complexity index is 422. The smallest absolute Gasteiger partial charge is 0.0592 e. The van der Waals surface area contributed by atoms with E-state index in [2.05, 4.69) is 0 Å². The summed E-state index contributed by atoms with van der Waals surface area (Å²) in [5.74, 6) is 0. The summed E-state index contributed by atoms with van der Waals surface area (Å²) in [6.07, 6.45) is 0. The average molecular weight is 210 g/mol. The van der Waals surface area contributed by atoms with Crippen molar-refractivity contribution in [1.82, 2.24) is 0 Å². The van der Waals surface area contributed by atoms with Crippen molar-refractivity contribution in [2.45, 2.75) is 0 Å². The van der Waals surface area contributed by atoms with Crippen LogP contribution in [0.15, 0.2) is 35.7 Å². The fourth-order valence-electron chi connectivity index (χ4n) is 1.18. The number of nitrogens with two attached hydrogens (primary N) is 1. The van der Waals surface area contributed by atoms with E-state index in [4.69, 9.17) is 17.3 Å². The summed E-state index contributed by atoms with van der Waals surface area (Å²) in [4.78, 5) is 1.08. The SMILES string of the molecule is Nc1cccc(-c2sccc2Cl)c1. The Morgan fingerprint density at radius 3 is 2.69 bits per heavy atom. The van der Waals surface area contributed by atoms with Gasteiger partial charge in [0.15, 0.2) is 0 Å². The van der Waals surface area contributed by atoms with Crippen LogP contribution in [-0.4, -0.2) is 0 Å². The first-order valence-electron chi connectivity index (χ1n) is 3.86. The Balaban J connectivity index is 2.53. The Hall–Kier alpha value is -0.990. The molecule has 2 rings (SSSR count). The maximum absolute atomic E-state index is 6.00. The molecule has 0 aliphatic heterocycles. The molecule has 0 amide bonds. The van der Waals surface area contributed by atoms with Gasteiger partial charge >= 0.3 is 0 Å². The zero-order valence-corrected chi connectivity index (χ0v) is 8.40. The number of rotatable bonds is 1. The molecule has 1 nitrogen and oxygen atoms in total. The summed E-state index contributed by atoms with van der Waals surface area (Å²) < 4.78 is 0. The van der Waals surface area contributed by atoms with E-state index >= 15 is 0 Å². The number of nitrogen functional groups attached to an aromatic ring is 1. The fraction of sp³-hybridized carbons (Fsp3) is 0. The predicted octanol–water partition coefficient (Wildman–Crippen LogP) is 3.65. The van der Waals surface area contributed by atoms with Crippen molar-refractivity contribution in [3.63, 3.8) is 0 Å². The highest BCUT2D eigenvalue weighted by Gasteiger charge is 2.03. The van der Waals surface area contributed by atoms with Crippen LogP contribution in [0.2, 0.25) is 5.02 Å². The summed E-state index contributed by atoms with van der Waals surface area (Å²) in [6.45, 7) is 0. The first-order valence-corrected chi connectivity index (χ1v) is 5.12. The van der Waals surface area contributed by atoms with Crippen LogP contribution in [0, 0.1) is 0 Å². The molecule has 2 N–H and O–H groups in total. The lowest BCUT2D eigenvalue weighted by molar-refractivity contribution is 1.68. The summed E-state index contributed by atoms with van der Waals surface area (Å²) >= 11 is 7.62. The van der Waals surface area contributed by atoms with E-state index in [1.165, 1.54) is 0 Å². The third-order valence-corrected chi connectivity index (χ3v) is 3.16. The van der Waals surface area contributed by atoms with Gasteiger partial charge in [0.25, 0.3) is 0 Å². The zero-order valence-electron chi connectivity index (χ0n) is 6.83. The lowest BCUT2D eigenvalue weighted by Crippen LogP contribution is -1.83. The predicted molar refractivity (Wildman–Crippen MR) is 59.2 cm³/mol. The summed E-state index contributed by atoms with van der Waals surface area (Å²) in [6, 6.07) is 9.63. The monoisotopic (exact) mass is 209 g/mol. The van der Waals surface area contributed by atoms with Gasteiger partial charge in [0.1, 0.15) is 0 Å². The number of anilines is 1. The van der Waals surface area contributed by atoms with Gasteiger partial charge in [-0.2, -0.15) is 0 Å². The van der Waals surface area contributed by atoms with Crippen LogP contribution in [0.25, 0.3) is 10.4 Å². The highest BCUT2D eigenvalue weighted by atomic mass is 35.5. The van der Waals surface area contributed by atoms with Crippen molar-refractivity contribution in [3.8, 4) is 10.4 Å². The molecular formula is C10H8ClNS. The number of thiophene rings is 1. The summed E-state index contributed by atoms with van der Waals surface area (Å²) in [5, 5.41) is 2.76. The third-order valence-electron chi connectivity index (χ3n) is 1.77. The minimum atomic E-state index is 0.766. The molecule has 1 aromatic carbocycles. The molecule has 0 radical (unpaired) electrons. The molecule has 0 fully saturated rings. The molecule has 2 aromatic rings. The molecule has 66 valence electrons. The Morgan fingerprint density at radius 1 is 1.23 bits per heavy atom. The standard InChI is InChI=1S/C10H8ClNS/c11-9-4-5-13-10(9)7-2-1-3-8(12)6-7/h1-6H,12H2. The Kier molecular flexibility index (Phi) is 2.25. The second-order valence-corrected chi connectivity index (χ2v) is 4.05. The largest absolute Gasteiger partial charge is 0.399 e. The van der Waals surface area contributed by atoms with Crippen LogP contribution >= 0.6 is 22.9 Å². The molecule has 0 aliphatic rings. The zero-order chi connectivity index (χ0) is 9.26. The van der Waals surface area contributed by atoms with Gasteiger partial charge in [-0.1, -0.05) is 23.7 Å². The van der Waals surface area contributed by atoms with E-state index in [0.29, 0.717) is 0 Å². The molecule has 0 saturated carbocycles. The van der Waals surface area contributed by atoms with Crippen LogP contribution in [0.1, 0.15) is 0 Å². The highest BCUT2D eigenvalue weighted by molar-refractivity contribution is 7.14. The first-order chi connectivity index (χ1) is 6.27. The van der Waals surface area contributed by atoms with Gasteiger partial charge in [0.2, 0.25) is 0 Å². The fourth-order valence-corrected chi connectivity index (χ4v) is 2.34. The van der Waals surface area contributed by atoms with E-state index < -0.39 is 0 Å². The molecule has 0 saturated heterocycles. The summed E-state index contributed by atoms with van der Waals surface area (Å²) in [7, 11) is 0. The maximum atomic E-state index is 6.00. The number of benzene rings is 1. The molecule has 0 aliphatic carbocycles. The van der Waals surface area contributed by atoms with E-state index in [0.717, 1.165) is 21.2 Å². The molecule has 0 atom stereocenters. The summed E-state index contributed by atoms with van der Waals surface area (Å²) in [5.41, 5.74) is 7.53. The van der Waals surface area contributed by atoms with Gasteiger partial charge in [0.05, 0.1) is 9.90 Å². The van der Waals surface area contributed by atoms with Crippen LogP contribution < -0.4 is 5.73 Å². The van der Waals surface area contributed by atoms with Gasteiger partial charge in [-0.3, -0.25) is 0 Å². The molecule has 3 heteroatoms. The van der Waals surface area contributed by atoms with E-state index in [-0.39, 0.29) is 0 Å². The van der Waals surface area contributed by atoms with E-state index in [1.807, 2.05) is 35.7 Å². The molecule has 0 spiro atoms. The van der Waals surface area contributed by atoms with Gasteiger partial charge in [-0.05, 0) is 29.1 Å². The first kappa shape index (κ1) is 8.60. The normalized spacial score (nSPS) is 10.2. The van der Waals surface area contributed by atoms with Crippen molar-refractivity contribution in [2.24, 2.45) is 0 Å². The lowest BCUT2D eigenvalue weighted by Gasteiger charge is -1.99. The molecule has 0 bridgehead atoms. The van der Waals surface area contributed by atoms with E-state index in [9.17, 15) is 0 Å². The van der Waals surface area contributed by atoms with Crippen molar-refractivity contribution in [3.05, 3.63) is 40.7 Å². The average Bonchev–Trinajstić information content (AvgIpc) is 2.51. The maximum Gasteiger partial charge on any atom is 0.0592 e. The number of hydrogen-bond acceptors (Lipinski definition) is 2. The minimum absolute atomic E-state index is 0.766. The van der Waals surface area contributed by atoms with Crippen LogP contribution in [0.5, 0.6) is 0 Å². The highest BCUT2D eigenvalue weighted by Crippen LogP contribution is 2.33. The van der Waals surface area contributed by atoms with Crippen LogP contribution in [0.3, 0.4) is 0 Å². The second-order valence-electron chi connectivity index (χ2n) is 2.72. The van der Waals surface area contributed by atoms with E-state index in [1.54, 1.807) is 11.3 Å². The Labute approximate surface area is 85.8 Å². The van der Waals surface area contributed by atoms with Crippen LogP contribution in [0.4, 0.5) is 5.69 Å². The van der Waals surface area contributed by atoms with Gasteiger partial charge in [-0.25, -0.2) is 0 Å². The number of halogens is 1. The molecule has 1 aromatic heterocycles. The van der Waals surface area contributed by atoms with Crippen molar-refractivity contribution in [2.75, 3.05) is 5.73 Å². The molecule has 13 heavy (non-hydrogen) atoms. The third kappa shape index (κ3) is 1.69. The molecule has 0 unspecified atom stereocenters. The van der Waals surface area contributed by atoms with Crippen LogP contribution in [-0.2, 0) is 0 Å². The van der Waals surface area contributed by atoms with Crippen molar-refractivity contribution >= 4 is 28.6 Å². The quantitative estimate of drug-likeness (QED) is 0.713. The topological polar surface area (TPSA) is 26.0 Å². The van der Waals surface area contributed by atoms with Crippen molar-refractivity contribution in [1.29, 1.82) is 0 Å². The molecular weight excluding hydrogens is 202 g/mol. The molecule has 1 heterocycles. The second kappa shape index (κ2) is 3.40. The van der Waals surface area contributed by atoms with Gasteiger partial charge in [-0.15, -0.1) is 11.3 Å². The van der Waals surface area contributed by atoms with Crippen molar-refractivity contribution < 1.29 is 0 Å². The van der Waals surface area contributed by atoms with Gasteiger partial charge in [0, 0.05) is 5.69 Å². The minimum Gasteiger partial charge on any atom is -0.399 e.